The minimum atomic E-state index is -1.32. The van der Waals surface area contributed by atoms with E-state index in [0.717, 1.165) is 26.8 Å². The van der Waals surface area contributed by atoms with Crippen molar-refractivity contribution in [3.8, 4) is 0 Å². The van der Waals surface area contributed by atoms with Crippen LogP contribution in [0.25, 0.3) is 0 Å². The van der Waals surface area contributed by atoms with E-state index < -0.39 is 10.8 Å². The van der Waals surface area contributed by atoms with Crippen LogP contribution in [0.3, 0.4) is 0 Å². The number of dihydropyridines is 1. The average Bonchev–Trinajstić information content (AvgIpc) is 2.46. The van der Waals surface area contributed by atoms with Crippen molar-refractivity contribution in [1.82, 2.24) is 5.32 Å². The molecule has 0 saturated carbocycles. The number of hydrogen-bond acceptors (Lipinski definition) is 4. The Morgan fingerprint density at radius 3 is 2.27 bits per heavy atom. The van der Waals surface area contributed by atoms with Crippen LogP contribution in [0.2, 0.25) is 0 Å². The van der Waals surface area contributed by atoms with Gasteiger partial charge in [0.1, 0.15) is 0 Å². The molecule has 2 rings (SSSR count). The first-order valence-corrected chi connectivity index (χ1v) is 8.27. The topological polar surface area (TPSA) is 55.4 Å². The number of rotatable bonds is 3. The van der Waals surface area contributed by atoms with Gasteiger partial charge >= 0.3 is 5.97 Å². The standard InChI is InChI=1S/C17H21NO3S/c1-10-6-8-14(9-7-10)22(20)16-11(2)15(17(19)21-5)12(3)18-13(16)4/h6-9,11,18H,1-5H3/t11-,22+/m1/s1. The summed E-state index contributed by atoms with van der Waals surface area (Å²) in [4.78, 5) is 13.5. The van der Waals surface area contributed by atoms with Gasteiger partial charge in [-0.05, 0) is 32.9 Å². The van der Waals surface area contributed by atoms with Gasteiger partial charge in [0.15, 0.2) is 0 Å². The van der Waals surface area contributed by atoms with Crippen molar-refractivity contribution >= 4 is 16.8 Å². The van der Waals surface area contributed by atoms with Gasteiger partial charge in [-0.15, -0.1) is 0 Å². The first kappa shape index (κ1) is 16.5. The van der Waals surface area contributed by atoms with Crippen LogP contribution in [-0.2, 0) is 20.3 Å². The van der Waals surface area contributed by atoms with E-state index in [-0.39, 0.29) is 11.9 Å². The number of hydrogen-bond donors (Lipinski definition) is 1. The zero-order chi connectivity index (χ0) is 16.4. The summed E-state index contributed by atoms with van der Waals surface area (Å²) < 4.78 is 17.8. The van der Waals surface area contributed by atoms with E-state index in [9.17, 15) is 9.00 Å². The van der Waals surface area contributed by atoms with E-state index in [2.05, 4.69) is 5.32 Å². The molecule has 0 fully saturated rings. The molecule has 0 aliphatic carbocycles. The molecule has 0 saturated heterocycles. The van der Waals surface area contributed by atoms with Crippen LogP contribution >= 0.6 is 0 Å². The molecule has 4 nitrogen and oxygen atoms in total. The molecule has 118 valence electrons. The molecule has 1 aliphatic rings. The van der Waals surface area contributed by atoms with Crippen molar-refractivity contribution in [2.24, 2.45) is 5.92 Å². The fraction of sp³-hybridized carbons (Fsp3) is 0.353. The van der Waals surface area contributed by atoms with Crippen molar-refractivity contribution < 1.29 is 13.7 Å². The maximum Gasteiger partial charge on any atom is 0.336 e. The number of benzene rings is 1. The highest BCUT2D eigenvalue weighted by Gasteiger charge is 2.32. The van der Waals surface area contributed by atoms with Gasteiger partial charge in [-0.25, -0.2) is 9.00 Å². The molecule has 5 heteroatoms. The van der Waals surface area contributed by atoms with Crippen molar-refractivity contribution in [2.45, 2.75) is 32.6 Å². The van der Waals surface area contributed by atoms with Crippen LogP contribution in [0.5, 0.6) is 0 Å². The number of carbonyl (C=O) groups is 1. The van der Waals surface area contributed by atoms with Crippen molar-refractivity contribution in [2.75, 3.05) is 7.11 Å². The molecule has 0 aromatic heterocycles. The highest BCUT2D eigenvalue weighted by atomic mass is 32.2. The molecule has 0 bridgehead atoms. The van der Waals surface area contributed by atoms with E-state index in [4.69, 9.17) is 4.74 Å². The number of aryl methyl sites for hydroxylation is 1. The van der Waals surface area contributed by atoms with Crippen molar-refractivity contribution in [3.05, 3.63) is 51.7 Å². The Morgan fingerprint density at radius 2 is 1.73 bits per heavy atom. The third-order valence-electron chi connectivity index (χ3n) is 3.82. The van der Waals surface area contributed by atoms with Gasteiger partial charge in [0.25, 0.3) is 0 Å². The molecule has 0 unspecified atom stereocenters. The molecule has 1 N–H and O–H groups in total. The molecular weight excluding hydrogens is 298 g/mol. The summed E-state index contributed by atoms with van der Waals surface area (Å²) in [7, 11) is 0.0410. The van der Waals surface area contributed by atoms with Crippen LogP contribution in [0.1, 0.15) is 26.3 Å². The van der Waals surface area contributed by atoms with Gasteiger partial charge in [0.2, 0.25) is 0 Å². The molecule has 2 atom stereocenters. The molecule has 0 radical (unpaired) electrons. The Balaban J connectivity index is 2.42. The number of carbonyl (C=O) groups excluding carboxylic acids is 1. The summed E-state index contributed by atoms with van der Waals surface area (Å²) in [6, 6.07) is 7.60. The number of methoxy groups -OCH3 is 1. The largest absolute Gasteiger partial charge is 0.466 e. The van der Waals surface area contributed by atoms with Crippen LogP contribution in [0, 0.1) is 12.8 Å². The summed E-state index contributed by atoms with van der Waals surface area (Å²) in [5.74, 6) is -0.640. The maximum absolute atomic E-state index is 12.9. The fourth-order valence-corrected chi connectivity index (χ4v) is 4.12. The Kier molecular flexibility index (Phi) is 4.86. The molecule has 1 aromatic rings. The number of allylic oxidation sites excluding steroid dienone is 3. The van der Waals surface area contributed by atoms with Crippen LogP contribution < -0.4 is 5.32 Å². The van der Waals surface area contributed by atoms with Crippen molar-refractivity contribution in [1.29, 1.82) is 0 Å². The lowest BCUT2D eigenvalue weighted by atomic mass is 9.95. The summed E-state index contributed by atoms with van der Waals surface area (Å²) in [6.45, 7) is 7.60. The van der Waals surface area contributed by atoms with Gasteiger partial charge in [-0.2, -0.15) is 0 Å². The van der Waals surface area contributed by atoms with E-state index >= 15 is 0 Å². The van der Waals surface area contributed by atoms with Gasteiger partial charge in [0, 0.05) is 27.1 Å². The van der Waals surface area contributed by atoms with E-state index in [1.165, 1.54) is 7.11 Å². The third kappa shape index (κ3) is 2.99. The fourth-order valence-electron chi connectivity index (χ4n) is 2.72. The Hall–Kier alpha value is -1.88. The van der Waals surface area contributed by atoms with Gasteiger partial charge in [-0.1, -0.05) is 24.6 Å². The predicted molar refractivity (Wildman–Crippen MR) is 87.3 cm³/mol. The Labute approximate surface area is 133 Å². The average molecular weight is 319 g/mol. The predicted octanol–water partition coefficient (Wildman–Crippen LogP) is 3.02. The number of esters is 1. The quantitative estimate of drug-likeness (QED) is 0.870. The summed E-state index contributed by atoms with van der Waals surface area (Å²) in [5.41, 5.74) is 3.23. The molecule has 1 aliphatic heterocycles. The minimum Gasteiger partial charge on any atom is -0.466 e. The Bertz CT molecular complexity index is 686. The summed E-state index contributed by atoms with van der Waals surface area (Å²) >= 11 is 0. The van der Waals surface area contributed by atoms with Gasteiger partial charge < -0.3 is 10.1 Å². The second-order valence-corrected chi connectivity index (χ2v) is 6.90. The number of ether oxygens (including phenoxy) is 1. The normalized spacial score (nSPS) is 19.8. The monoisotopic (exact) mass is 319 g/mol. The Morgan fingerprint density at radius 1 is 1.14 bits per heavy atom. The maximum atomic E-state index is 12.9. The van der Waals surface area contributed by atoms with Crippen molar-refractivity contribution in [3.63, 3.8) is 0 Å². The smallest absolute Gasteiger partial charge is 0.336 e. The summed E-state index contributed by atoms with van der Waals surface area (Å²) in [6.07, 6.45) is 0. The first-order valence-electron chi connectivity index (χ1n) is 7.12. The lowest BCUT2D eigenvalue weighted by molar-refractivity contribution is -0.136. The molecule has 1 heterocycles. The highest BCUT2D eigenvalue weighted by molar-refractivity contribution is 7.89. The highest BCUT2D eigenvalue weighted by Crippen LogP contribution is 2.34. The second-order valence-electron chi connectivity index (χ2n) is 5.45. The van der Waals surface area contributed by atoms with E-state index in [1.54, 1.807) is 0 Å². The van der Waals surface area contributed by atoms with Crippen LogP contribution in [-0.4, -0.2) is 17.3 Å². The van der Waals surface area contributed by atoms with Crippen LogP contribution in [0.4, 0.5) is 0 Å². The summed E-state index contributed by atoms with van der Waals surface area (Å²) in [5, 5.41) is 3.15. The molecular formula is C17H21NO3S. The number of nitrogens with one attached hydrogen (secondary N) is 1. The van der Waals surface area contributed by atoms with Gasteiger partial charge in [0.05, 0.1) is 23.5 Å². The third-order valence-corrected chi connectivity index (χ3v) is 5.57. The SMILES string of the molecule is COC(=O)C1=C(C)NC(C)=C([S@@](=O)c2ccc(C)cc2)[C@@H]1C. The lowest BCUT2D eigenvalue weighted by Crippen LogP contribution is -2.29. The lowest BCUT2D eigenvalue weighted by Gasteiger charge is -2.28. The first-order chi connectivity index (χ1) is 10.4. The zero-order valence-corrected chi connectivity index (χ0v) is 14.3. The molecule has 1 aromatic carbocycles. The molecule has 22 heavy (non-hydrogen) atoms. The van der Waals surface area contributed by atoms with Crippen LogP contribution in [0.15, 0.2) is 51.0 Å². The molecule has 0 amide bonds. The second kappa shape index (κ2) is 6.48. The van der Waals surface area contributed by atoms with E-state index in [1.807, 2.05) is 52.0 Å². The minimum absolute atomic E-state index is 0.254. The molecule has 0 spiro atoms. The zero-order valence-electron chi connectivity index (χ0n) is 13.5. The van der Waals surface area contributed by atoms with E-state index in [0.29, 0.717) is 5.57 Å². The van der Waals surface area contributed by atoms with Gasteiger partial charge in [-0.3, -0.25) is 0 Å².